The van der Waals surface area contributed by atoms with E-state index in [0.29, 0.717) is 56.2 Å². The Kier molecular flexibility index (Phi) is 6.32. The number of fused-ring (bicyclic) bond motifs is 2. The van der Waals surface area contributed by atoms with E-state index in [1.165, 1.54) is 6.07 Å². The highest BCUT2D eigenvalue weighted by Crippen LogP contribution is 2.40. The molecule has 0 spiro atoms. The van der Waals surface area contributed by atoms with Crippen LogP contribution in [0.2, 0.25) is 0 Å². The van der Waals surface area contributed by atoms with Gasteiger partial charge in [-0.05, 0) is 43.3 Å². The molecule has 0 saturated carbocycles. The number of carbonyl (C=O) groups is 2. The molecule has 36 heavy (non-hydrogen) atoms. The number of phenolic OH excluding ortho intramolecular Hbond substituents is 1. The van der Waals surface area contributed by atoms with Gasteiger partial charge in [0, 0.05) is 62.4 Å². The molecular formula is C27H29N3O6. The van der Waals surface area contributed by atoms with E-state index in [9.17, 15) is 14.7 Å². The fourth-order valence-electron chi connectivity index (χ4n) is 4.76. The van der Waals surface area contributed by atoms with Crippen molar-refractivity contribution in [3.63, 3.8) is 0 Å². The molecule has 1 aromatic heterocycles. The molecule has 0 bridgehead atoms. The number of aryl methyl sites for hydroxylation is 1. The average Bonchev–Trinajstić information content (AvgIpc) is 3.37. The minimum Gasteiger partial charge on any atom is -0.507 e. The first-order chi connectivity index (χ1) is 17.4. The quantitative estimate of drug-likeness (QED) is 0.543. The van der Waals surface area contributed by atoms with Crippen LogP contribution in [0.1, 0.15) is 28.4 Å². The first kappa shape index (κ1) is 23.7. The summed E-state index contributed by atoms with van der Waals surface area (Å²) in [7, 11) is 3.56. The van der Waals surface area contributed by atoms with Gasteiger partial charge in [0.2, 0.25) is 5.78 Å². The first-order valence-corrected chi connectivity index (χ1v) is 12.0. The molecule has 2 aliphatic heterocycles. The van der Waals surface area contributed by atoms with Crippen LogP contribution in [0.5, 0.6) is 17.2 Å². The Labute approximate surface area is 209 Å². The minimum atomic E-state index is -0.310. The molecule has 1 fully saturated rings. The molecular weight excluding hydrogens is 462 g/mol. The Balaban J connectivity index is 1.39. The largest absolute Gasteiger partial charge is 0.507 e. The second-order valence-corrected chi connectivity index (χ2v) is 8.92. The number of amides is 1. The lowest BCUT2D eigenvalue weighted by Crippen LogP contribution is -2.48. The Hall–Kier alpha value is -3.98. The van der Waals surface area contributed by atoms with Gasteiger partial charge in [0.15, 0.2) is 5.76 Å². The van der Waals surface area contributed by atoms with Gasteiger partial charge in [-0.2, -0.15) is 0 Å². The van der Waals surface area contributed by atoms with Gasteiger partial charge in [-0.3, -0.25) is 9.69 Å². The summed E-state index contributed by atoms with van der Waals surface area (Å²) < 4.78 is 18.5. The summed E-state index contributed by atoms with van der Waals surface area (Å²) in [5, 5.41) is 11.6. The van der Waals surface area contributed by atoms with Crippen LogP contribution in [0.25, 0.3) is 17.0 Å². The van der Waals surface area contributed by atoms with Crippen molar-refractivity contribution in [3.05, 3.63) is 59.0 Å². The van der Waals surface area contributed by atoms with Crippen LogP contribution in [0.3, 0.4) is 0 Å². The summed E-state index contributed by atoms with van der Waals surface area (Å²) in [6.45, 7) is 4.84. The zero-order valence-electron chi connectivity index (χ0n) is 20.6. The van der Waals surface area contributed by atoms with Gasteiger partial charge in [0.25, 0.3) is 0 Å². The molecule has 188 valence electrons. The molecule has 0 radical (unpaired) electrons. The Morgan fingerprint density at radius 1 is 1.17 bits per heavy atom. The highest BCUT2D eigenvalue weighted by Gasteiger charge is 2.32. The van der Waals surface area contributed by atoms with E-state index in [1.807, 2.05) is 36.0 Å². The number of allylic oxidation sites excluding steroid dienone is 1. The number of nitrogens with zero attached hydrogens (tertiary/aromatic N) is 3. The van der Waals surface area contributed by atoms with Crippen molar-refractivity contribution < 1.29 is 28.9 Å². The van der Waals surface area contributed by atoms with Gasteiger partial charge in [-0.1, -0.05) is 0 Å². The van der Waals surface area contributed by atoms with Crippen molar-refractivity contribution in [2.75, 3.05) is 39.9 Å². The van der Waals surface area contributed by atoms with Crippen molar-refractivity contribution in [2.24, 2.45) is 7.05 Å². The Bertz CT molecular complexity index is 1370. The van der Waals surface area contributed by atoms with Gasteiger partial charge in [0.05, 0.1) is 24.8 Å². The summed E-state index contributed by atoms with van der Waals surface area (Å²) in [4.78, 5) is 29.0. The number of carbonyl (C=O) groups excluding carboxylic acids is 2. The van der Waals surface area contributed by atoms with Crippen LogP contribution < -0.4 is 9.47 Å². The van der Waals surface area contributed by atoms with Crippen molar-refractivity contribution >= 4 is 28.9 Å². The van der Waals surface area contributed by atoms with E-state index in [-0.39, 0.29) is 23.4 Å². The molecule has 0 atom stereocenters. The standard InChI is InChI=1S/C27H29N3O6/c1-4-35-27(33)30-11-9-29(10-12-30)16-21-23(31)8-6-19-25(32)24(36-26(19)21)13-17-15-28(2)22-7-5-18(34-3)14-20(17)22/h5-8,13-15,31H,4,9-12,16H2,1-3H3/b24-13+. The highest BCUT2D eigenvalue weighted by molar-refractivity contribution is 6.15. The molecule has 1 N–H and O–H groups in total. The number of aromatic hydroxyl groups is 1. The minimum absolute atomic E-state index is 0.0746. The number of Topliss-reactive ketones (excluding diaryl/α,β-unsaturated/α-hetero) is 1. The predicted octanol–water partition coefficient (Wildman–Crippen LogP) is 3.78. The third-order valence-corrected chi connectivity index (χ3v) is 6.71. The molecule has 1 saturated heterocycles. The molecule has 3 heterocycles. The van der Waals surface area contributed by atoms with Crippen LogP contribution in [0, 0.1) is 0 Å². The molecule has 1 amide bonds. The lowest BCUT2D eigenvalue weighted by atomic mass is 10.0. The Morgan fingerprint density at radius 2 is 1.94 bits per heavy atom. The number of benzene rings is 2. The number of hydrogen-bond donors (Lipinski definition) is 1. The van der Waals surface area contributed by atoms with Crippen molar-refractivity contribution in [2.45, 2.75) is 13.5 Å². The molecule has 2 aliphatic rings. The maximum atomic E-state index is 13.2. The lowest BCUT2D eigenvalue weighted by molar-refractivity contribution is 0.0774. The van der Waals surface area contributed by atoms with E-state index in [0.717, 1.165) is 22.2 Å². The molecule has 9 nitrogen and oxygen atoms in total. The highest BCUT2D eigenvalue weighted by atomic mass is 16.6. The smallest absolute Gasteiger partial charge is 0.409 e. The zero-order valence-corrected chi connectivity index (χ0v) is 20.6. The van der Waals surface area contributed by atoms with Crippen LogP contribution in [0.4, 0.5) is 4.79 Å². The summed E-state index contributed by atoms with van der Waals surface area (Å²) in [5.41, 5.74) is 2.83. The van der Waals surface area contributed by atoms with Gasteiger partial charge in [-0.25, -0.2) is 4.79 Å². The molecule has 3 aromatic rings. The normalized spacial score (nSPS) is 16.9. The number of ether oxygens (including phenoxy) is 3. The van der Waals surface area contributed by atoms with Crippen LogP contribution in [0.15, 0.2) is 42.3 Å². The number of rotatable bonds is 5. The fourth-order valence-corrected chi connectivity index (χ4v) is 4.76. The van der Waals surface area contributed by atoms with Crippen molar-refractivity contribution in [1.82, 2.24) is 14.4 Å². The van der Waals surface area contributed by atoms with E-state index in [1.54, 1.807) is 31.1 Å². The number of ketones is 1. The third kappa shape index (κ3) is 4.26. The van der Waals surface area contributed by atoms with Crippen LogP contribution >= 0.6 is 0 Å². The molecule has 0 aliphatic carbocycles. The number of aromatic nitrogens is 1. The van der Waals surface area contributed by atoms with Crippen molar-refractivity contribution in [1.29, 1.82) is 0 Å². The van der Waals surface area contributed by atoms with Crippen LogP contribution in [-0.4, -0.2) is 71.2 Å². The predicted molar refractivity (Wildman–Crippen MR) is 134 cm³/mol. The van der Waals surface area contributed by atoms with E-state index < -0.39 is 0 Å². The molecule has 5 rings (SSSR count). The van der Waals surface area contributed by atoms with Gasteiger partial charge in [-0.15, -0.1) is 0 Å². The SMILES string of the molecule is CCOC(=O)N1CCN(Cc2c(O)ccc3c2O/C(=C/c2cn(C)c4ccc(OC)cc24)C3=O)CC1. The molecule has 2 aromatic carbocycles. The maximum absolute atomic E-state index is 13.2. The molecule has 0 unspecified atom stereocenters. The second kappa shape index (κ2) is 9.58. The van der Waals surface area contributed by atoms with Crippen molar-refractivity contribution in [3.8, 4) is 17.2 Å². The second-order valence-electron chi connectivity index (χ2n) is 8.92. The number of hydrogen-bond acceptors (Lipinski definition) is 7. The zero-order chi connectivity index (χ0) is 25.4. The number of methoxy groups -OCH3 is 1. The van der Waals surface area contributed by atoms with Crippen LogP contribution in [-0.2, 0) is 18.3 Å². The first-order valence-electron chi connectivity index (χ1n) is 12.0. The average molecular weight is 492 g/mol. The van der Waals surface area contributed by atoms with E-state index >= 15 is 0 Å². The summed E-state index contributed by atoms with van der Waals surface area (Å²) in [5.74, 6) is 1.17. The van der Waals surface area contributed by atoms with E-state index in [2.05, 4.69) is 4.90 Å². The van der Waals surface area contributed by atoms with E-state index in [4.69, 9.17) is 14.2 Å². The lowest BCUT2D eigenvalue weighted by Gasteiger charge is -2.34. The van der Waals surface area contributed by atoms with Gasteiger partial charge >= 0.3 is 6.09 Å². The Morgan fingerprint density at radius 3 is 2.67 bits per heavy atom. The van der Waals surface area contributed by atoms with Gasteiger partial charge in [0.1, 0.15) is 17.2 Å². The third-order valence-electron chi connectivity index (χ3n) is 6.71. The molecule has 9 heteroatoms. The maximum Gasteiger partial charge on any atom is 0.409 e. The summed E-state index contributed by atoms with van der Waals surface area (Å²) >= 11 is 0. The van der Waals surface area contributed by atoms with Gasteiger partial charge < -0.3 is 28.8 Å². The topological polar surface area (TPSA) is 93.5 Å². The number of phenols is 1. The summed E-state index contributed by atoms with van der Waals surface area (Å²) in [6.07, 6.45) is 3.37. The number of piperazine rings is 1. The fraction of sp³-hybridized carbons (Fsp3) is 0.333. The summed E-state index contributed by atoms with van der Waals surface area (Å²) in [6, 6.07) is 8.94. The monoisotopic (exact) mass is 491 g/mol.